The highest BCUT2D eigenvalue weighted by Crippen LogP contribution is 2.64. The van der Waals surface area contributed by atoms with Crippen LogP contribution in [0.1, 0.15) is 40.5 Å². The van der Waals surface area contributed by atoms with Crippen LogP contribution in [0.4, 0.5) is 11.4 Å². The molecule has 3 fully saturated rings. The first-order valence-corrected chi connectivity index (χ1v) is 16.4. The second kappa shape index (κ2) is 13.5. The number of carbonyl (C=O) groups is 3. The van der Waals surface area contributed by atoms with Crippen LogP contribution in [0.15, 0.2) is 73.8 Å². The fraction of sp³-hybridized carbons (Fsp3) is 0.486. The minimum absolute atomic E-state index is 0.175. The number of hydrogen-bond acceptors (Lipinski definition) is 7. The maximum Gasteiger partial charge on any atom is 0.253 e. The van der Waals surface area contributed by atoms with Crippen molar-refractivity contribution in [3.05, 3.63) is 73.8 Å². The van der Waals surface area contributed by atoms with Crippen molar-refractivity contribution in [3.8, 4) is 11.5 Å². The summed E-state index contributed by atoms with van der Waals surface area (Å²) in [5.74, 6) is -1.61. The summed E-state index contributed by atoms with van der Waals surface area (Å²) in [5, 5.41) is 10.6. The molecule has 0 saturated carbocycles. The number of methoxy groups -OCH3 is 1. The van der Waals surface area contributed by atoms with Crippen LogP contribution in [0.2, 0.25) is 0 Å². The van der Waals surface area contributed by atoms with E-state index in [9.17, 15) is 19.5 Å². The van der Waals surface area contributed by atoms with Crippen LogP contribution in [0.3, 0.4) is 0 Å². The van der Waals surface area contributed by atoms with Crippen LogP contribution < -0.4 is 19.3 Å². The molecule has 2 aromatic carbocycles. The number of fused-ring (bicyclic) bond motifs is 1. The first-order valence-electron chi connectivity index (χ1n) is 16.4. The van der Waals surface area contributed by atoms with Gasteiger partial charge in [0, 0.05) is 24.5 Å². The average molecular weight is 646 g/mol. The predicted molar refractivity (Wildman–Crippen MR) is 180 cm³/mol. The molecule has 3 saturated heterocycles. The van der Waals surface area contributed by atoms with Gasteiger partial charge in [-0.1, -0.05) is 26.0 Å². The summed E-state index contributed by atoms with van der Waals surface area (Å²) < 4.78 is 17.8. The first-order chi connectivity index (χ1) is 22.5. The number of nitrogens with zero attached hydrogens (tertiary/aromatic N) is 3. The highest BCUT2D eigenvalue weighted by atomic mass is 16.5. The summed E-state index contributed by atoms with van der Waals surface area (Å²) in [6.07, 6.45) is 4.19. The Balaban J connectivity index is 1.60. The van der Waals surface area contributed by atoms with Gasteiger partial charge in [-0.05, 0) is 81.1 Å². The Morgan fingerprint density at radius 2 is 1.55 bits per heavy atom. The van der Waals surface area contributed by atoms with Gasteiger partial charge in [0.1, 0.15) is 23.1 Å². The van der Waals surface area contributed by atoms with Crippen molar-refractivity contribution in [2.75, 3.05) is 43.2 Å². The number of aliphatic hydroxyl groups is 1. The summed E-state index contributed by atoms with van der Waals surface area (Å²) in [7, 11) is 1.57. The Bertz CT molecular complexity index is 1490. The third-order valence-electron chi connectivity index (χ3n) is 10.0. The van der Waals surface area contributed by atoms with Gasteiger partial charge in [-0.3, -0.25) is 14.4 Å². The maximum atomic E-state index is 14.9. The third-order valence-corrected chi connectivity index (χ3v) is 10.0. The Hall–Kier alpha value is -4.15. The molecule has 0 aromatic heterocycles. The number of ether oxygens (including phenoxy) is 3. The fourth-order valence-corrected chi connectivity index (χ4v) is 7.87. The smallest absolute Gasteiger partial charge is 0.253 e. The van der Waals surface area contributed by atoms with Crippen LogP contribution in [0.5, 0.6) is 11.5 Å². The lowest BCUT2D eigenvalue weighted by atomic mass is 9.66. The lowest BCUT2D eigenvalue weighted by molar-refractivity contribution is -0.149. The Labute approximate surface area is 277 Å². The number of rotatable bonds is 14. The molecule has 2 bridgehead atoms. The minimum Gasteiger partial charge on any atom is -0.497 e. The van der Waals surface area contributed by atoms with E-state index in [1.165, 1.54) is 4.90 Å². The van der Waals surface area contributed by atoms with Crippen molar-refractivity contribution in [1.82, 2.24) is 4.90 Å². The largest absolute Gasteiger partial charge is 0.497 e. The summed E-state index contributed by atoms with van der Waals surface area (Å²) >= 11 is 0. The minimum atomic E-state index is -1.27. The van der Waals surface area contributed by atoms with E-state index in [0.717, 1.165) is 0 Å². The fourth-order valence-electron chi connectivity index (χ4n) is 7.87. The Morgan fingerprint density at radius 1 is 1.00 bits per heavy atom. The molecule has 10 nitrogen and oxygen atoms in total. The Morgan fingerprint density at radius 3 is 2.04 bits per heavy atom. The van der Waals surface area contributed by atoms with Crippen molar-refractivity contribution >= 4 is 29.1 Å². The van der Waals surface area contributed by atoms with Crippen LogP contribution in [-0.2, 0) is 19.1 Å². The number of benzene rings is 2. The molecule has 3 amide bonds. The van der Waals surface area contributed by atoms with Gasteiger partial charge in [0.05, 0.1) is 43.8 Å². The zero-order valence-corrected chi connectivity index (χ0v) is 28.1. The third kappa shape index (κ3) is 5.71. The number of anilines is 2. The molecule has 6 atom stereocenters. The van der Waals surface area contributed by atoms with Crippen molar-refractivity contribution in [2.24, 2.45) is 17.8 Å². The molecule has 2 aromatic rings. The van der Waals surface area contributed by atoms with Gasteiger partial charge in [-0.25, -0.2) is 0 Å². The highest BCUT2D eigenvalue weighted by molar-refractivity contribution is 6.07. The van der Waals surface area contributed by atoms with Crippen LogP contribution in [-0.4, -0.2) is 84.4 Å². The van der Waals surface area contributed by atoms with Gasteiger partial charge in [-0.2, -0.15) is 0 Å². The summed E-state index contributed by atoms with van der Waals surface area (Å²) in [6.45, 7) is 15.9. The average Bonchev–Trinajstić information content (AvgIpc) is 3.63. The predicted octanol–water partition coefficient (Wildman–Crippen LogP) is 4.61. The van der Waals surface area contributed by atoms with Crippen LogP contribution in [0, 0.1) is 17.8 Å². The van der Waals surface area contributed by atoms with E-state index in [-0.39, 0.29) is 43.3 Å². The zero-order chi connectivity index (χ0) is 34.1. The molecule has 5 rings (SSSR count). The molecule has 2 unspecified atom stereocenters. The highest BCUT2D eigenvalue weighted by Gasteiger charge is 2.79. The van der Waals surface area contributed by atoms with Gasteiger partial charge >= 0.3 is 0 Å². The van der Waals surface area contributed by atoms with E-state index in [1.807, 2.05) is 52.0 Å². The molecule has 3 aliphatic heterocycles. The Kier molecular flexibility index (Phi) is 9.84. The topological polar surface area (TPSA) is 109 Å². The molecular formula is C37H47N3O7. The van der Waals surface area contributed by atoms with E-state index in [2.05, 4.69) is 13.2 Å². The lowest BCUT2D eigenvalue weighted by Crippen LogP contribution is -2.60. The summed E-state index contributed by atoms with van der Waals surface area (Å²) in [6, 6.07) is 12.6. The lowest BCUT2D eigenvalue weighted by Gasteiger charge is -2.40. The number of likely N-dealkylation sites (tertiary alicyclic amines) is 1. The second-order valence-electron chi connectivity index (χ2n) is 13.1. The van der Waals surface area contributed by atoms with Gasteiger partial charge < -0.3 is 34.0 Å². The second-order valence-corrected chi connectivity index (χ2v) is 13.1. The summed E-state index contributed by atoms with van der Waals surface area (Å²) in [5.41, 5.74) is -1.01. The van der Waals surface area contributed by atoms with Crippen LogP contribution >= 0.6 is 0 Å². The molecule has 47 heavy (non-hydrogen) atoms. The first kappa shape index (κ1) is 34.2. The molecule has 10 heteroatoms. The standard InChI is InChI=1S/C37H47N3O7/c1-8-21-38(25-13-17-28(18-14-25)46-10-3)33(42)30-31-34(43)40(29(23-41)24(4)5)32(37(31)20-19-36(30,6)47-37)35(44)39(22-9-2)26-11-15-27(45-7)16-12-26/h8-9,11-18,24,29-32,41H,1-2,10,19-23H2,3-7H3/t29-,30-,31-,32?,36+,37?/m0/s1. The van der Waals surface area contributed by atoms with Crippen molar-refractivity contribution in [1.29, 1.82) is 0 Å². The SMILES string of the molecule is C=CCN(C(=O)C1N([C@@H](CO)C(C)C)C(=O)[C@@H]2[C@@H](C(=O)N(CC=C)c3ccc(OCC)cc3)[C@@]3(C)CCC12O3)c1ccc(OC)cc1. The van der Waals surface area contributed by atoms with Crippen LogP contribution in [0.25, 0.3) is 0 Å². The van der Waals surface area contributed by atoms with Crippen molar-refractivity contribution < 1.29 is 33.7 Å². The van der Waals surface area contributed by atoms with Gasteiger partial charge in [0.25, 0.3) is 5.91 Å². The van der Waals surface area contributed by atoms with E-state index >= 15 is 0 Å². The molecule has 0 radical (unpaired) electrons. The van der Waals surface area contributed by atoms with Gasteiger partial charge in [0.2, 0.25) is 11.8 Å². The zero-order valence-electron chi connectivity index (χ0n) is 28.1. The number of carbonyl (C=O) groups excluding carboxylic acids is 3. The summed E-state index contributed by atoms with van der Waals surface area (Å²) in [4.78, 5) is 49.2. The molecule has 252 valence electrons. The molecule has 1 spiro atoms. The number of aliphatic hydroxyl groups excluding tert-OH is 1. The van der Waals surface area contributed by atoms with E-state index in [1.54, 1.807) is 53.3 Å². The number of hydrogen-bond donors (Lipinski definition) is 1. The molecular weight excluding hydrogens is 598 g/mol. The molecule has 3 heterocycles. The number of amides is 3. The van der Waals surface area contributed by atoms with E-state index in [0.29, 0.717) is 42.3 Å². The monoisotopic (exact) mass is 645 g/mol. The van der Waals surface area contributed by atoms with Crippen molar-refractivity contribution in [2.45, 2.75) is 63.8 Å². The van der Waals surface area contributed by atoms with Gasteiger partial charge in [-0.15, -0.1) is 13.2 Å². The molecule has 3 aliphatic rings. The molecule has 0 aliphatic carbocycles. The van der Waals surface area contributed by atoms with Crippen molar-refractivity contribution in [3.63, 3.8) is 0 Å². The van der Waals surface area contributed by atoms with Gasteiger partial charge in [0.15, 0.2) is 0 Å². The van der Waals surface area contributed by atoms with E-state index in [4.69, 9.17) is 14.2 Å². The maximum absolute atomic E-state index is 14.9. The molecule has 1 N–H and O–H groups in total. The van der Waals surface area contributed by atoms with E-state index < -0.39 is 35.1 Å². The normalized spacial score (nSPS) is 26.6. The quantitative estimate of drug-likeness (QED) is 0.299.